The van der Waals surface area contributed by atoms with Crippen molar-refractivity contribution < 1.29 is 9.47 Å². The molecule has 0 radical (unpaired) electrons. The van der Waals surface area contributed by atoms with E-state index in [4.69, 9.17) is 9.47 Å². The first-order valence-electron chi connectivity index (χ1n) is 7.63. The van der Waals surface area contributed by atoms with Crippen molar-refractivity contribution in [2.75, 3.05) is 13.7 Å². The number of hydrogen-bond acceptors (Lipinski definition) is 3. The van der Waals surface area contributed by atoms with E-state index >= 15 is 0 Å². The summed E-state index contributed by atoms with van der Waals surface area (Å²) in [6, 6.07) is 8.89. The van der Waals surface area contributed by atoms with E-state index in [1.807, 2.05) is 12.1 Å². The molecule has 1 aromatic carbocycles. The first-order chi connectivity index (χ1) is 9.60. The van der Waals surface area contributed by atoms with Gasteiger partial charge in [0.1, 0.15) is 5.75 Å². The standard InChI is InChI=1S/C17H27NO2/c1-12(2)13(3)20-17(11-18-15-8-9-15)14-6-5-7-16(10-14)19-4/h5-7,10,12-13,15,17-18H,8-9,11H2,1-4H3. The zero-order valence-corrected chi connectivity index (χ0v) is 13.1. The molecule has 2 rings (SSSR count). The van der Waals surface area contributed by atoms with Gasteiger partial charge in [-0.05, 0) is 43.4 Å². The Bertz CT molecular complexity index is 415. The van der Waals surface area contributed by atoms with Crippen LogP contribution in [-0.4, -0.2) is 25.8 Å². The Morgan fingerprint density at radius 2 is 2.00 bits per heavy atom. The fourth-order valence-electron chi connectivity index (χ4n) is 2.06. The summed E-state index contributed by atoms with van der Waals surface area (Å²) in [5.41, 5.74) is 1.19. The van der Waals surface area contributed by atoms with Crippen LogP contribution in [0.3, 0.4) is 0 Å². The average molecular weight is 277 g/mol. The van der Waals surface area contributed by atoms with Gasteiger partial charge >= 0.3 is 0 Å². The molecule has 0 amide bonds. The summed E-state index contributed by atoms with van der Waals surface area (Å²) in [4.78, 5) is 0. The lowest BCUT2D eigenvalue weighted by molar-refractivity contribution is -0.0261. The van der Waals surface area contributed by atoms with Gasteiger partial charge in [0.25, 0.3) is 0 Å². The van der Waals surface area contributed by atoms with Crippen LogP contribution in [0.2, 0.25) is 0 Å². The summed E-state index contributed by atoms with van der Waals surface area (Å²) in [5.74, 6) is 1.41. The van der Waals surface area contributed by atoms with Crippen LogP contribution in [0.4, 0.5) is 0 Å². The van der Waals surface area contributed by atoms with E-state index in [0.29, 0.717) is 12.0 Å². The second-order valence-corrected chi connectivity index (χ2v) is 6.03. The van der Waals surface area contributed by atoms with E-state index in [-0.39, 0.29) is 12.2 Å². The van der Waals surface area contributed by atoms with Crippen molar-refractivity contribution in [3.63, 3.8) is 0 Å². The molecule has 1 aliphatic carbocycles. The van der Waals surface area contributed by atoms with E-state index < -0.39 is 0 Å². The van der Waals surface area contributed by atoms with Crippen LogP contribution in [0.15, 0.2) is 24.3 Å². The molecule has 1 aliphatic rings. The molecule has 0 bridgehead atoms. The lowest BCUT2D eigenvalue weighted by Crippen LogP contribution is -2.29. The summed E-state index contributed by atoms with van der Waals surface area (Å²) in [5, 5.41) is 3.57. The largest absolute Gasteiger partial charge is 0.497 e. The third-order valence-corrected chi connectivity index (χ3v) is 3.95. The van der Waals surface area contributed by atoms with Crippen LogP contribution in [0.5, 0.6) is 5.75 Å². The van der Waals surface area contributed by atoms with Gasteiger partial charge in [0.15, 0.2) is 0 Å². The Morgan fingerprint density at radius 3 is 2.60 bits per heavy atom. The van der Waals surface area contributed by atoms with Gasteiger partial charge in [-0.2, -0.15) is 0 Å². The van der Waals surface area contributed by atoms with Crippen molar-refractivity contribution in [3.05, 3.63) is 29.8 Å². The minimum Gasteiger partial charge on any atom is -0.497 e. The highest BCUT2D eigenvalue weighted by molar-refractivity contribution is 5.30. The maximum Gasteiger partial charge on any atom is 0.119 e. The molecule has 0 aromatic heterocycles. The molecule has 3 heteroatoms. The van der Waals surface area contributed by atoms with Crippen molar-refractivity contribution in [3.8, 4) is 5.75 Å². The molecule has 0 heterocycles. The molecule has 2 atom stereocenters. The third kappa shape index (κ3) is 4.50. The minimum absolute atomic E-state index is 0.0862. The lowest BCUT2D eigenvalue weighted by Gasteiger charge is -2.26. The number of benzene rings is 1. The van der Waals surface area contributed by atoms with Crippen molar-refractivity contribution in [2.24, 2.45) is 5.92 Å². The highest BCUT2D eigenvalue weighted by Gasteiger charge is 2.24. The average Bonchev–Trinajstić information content (AvgIpc) is 3.27. The van der Waals surface area contributed by atoms with E-state index in [0.717, 1.165) is 12.3 Å². The fraction of sp³-hybridized carbons (Fsp3) is 0.647. The summed E-state index contributed by atoms with van der Waals surface area (Å²) in [6.07, 6.45) is 2.92. The summed E-state index contributed by atoms with van der Waals surface area (Å²) >= 11 is 0. The molecule has 1 N–H and O–H groups in total. The Hall–Kier alpha value is -1.06. The molecule has 20 heavy (non-hydrogen) atoms. The second kappa shape index (κ2) is 7.09. The molecular formula is C17H27NO2. The Balaban J connectivity index is 2.06. The van der Waals surface area contributed by atoms with Gasteiger partial charge in [0.05, 0.1) is 19.3 Å². The van der Waals surface area contributed by atoms with Crippen LogP contribution in [0, 0.1) is 5.92 Å². The van der Waals surface area contributed by atoms with Crippen LogP contribution >= 0.6 is 0 Å². The molecule has 2 unspecified atom stereocenters. The Morgan fingerprint density at radius 1 is 1.25 bits per heavy atom. The minimum atomic E-state index is 0.0862. The van der Waals surface area contributed by atoms with Crippen LogP contribution in [0.25, 0.3) is 0 Å². The first kappa shape index (κ1) is 15.3. The third-order valence-electron chi connectivity index (χ3n) is 3.95. The molecule has 0 saturated heterocycles. The molecule has 1 fully saturated rings. The van der Waals surface area contributed by atoms with Crippen molar-refractivity contribution in [1.82, 2.24) is 5.32 Å². The number of rotatable bonds is 8. The number of hydrogen-bond donors (Lipinski definition) is 1. The topological polar surface area (TPSA) is 30.5 Å². The number of ether oxygens (including phenoxy) is 2. The molecule has 0 aliphatic heterocycles. The lowest BCUT2D eigenvalue weighted by atomic mass is 10.1. The van der Waals surface area contributed by atoms with Crippen molar-refractivity contribution in [2.45, 2.75) is 51.9 Å². The van der Waals surface area contributed by atoms with Crippen molar-refractivity contribution >= 4 is 0 Å². The molecule has 0 spiro atoms. The van der Waals surface area contributed by atoms with Gasteiger partial charge in [-0.3, -0.25) is 0 Å². The molecule has 3 nitrogen and oxygen atoms in total. The Kier molecular flexibility index (Phi) is 5.44. The summed E-state index contributed by atoms with van der Waals surface area (Å²) < 4.78 is 11.6. The van der Waals surface area contributed by atoms with E-state index in [9.17, 15) is 0 Å². The highest BCUT2D eigenvalue weighted by atomic mass is 16.5. The van der Waals surface area contributed by atoms with E-state index in [2.05, 4.69) is 38.2 Å². The molecular weight excluding hydrogens is 250 g/mol. The van der Waals surface area contributed by atoms with E-state index in [1.165, 1.54) is 18.4 Å². The normalized spacial score (nSPS) is 18.1. The molecule has 1 saturated carbocycles. The summed E-state index contributed by atoms with van der Waals surface area (Å²) in [7, 11) is 1.70. The predicted molar refractivity (Wildman–Crippen MR) is 82.1 cm³/mol. The van der Waals surface area contributed by atoms with Crippen molar-refractivity contribution in [1.29, 1.82) is 0 Å². The monoisotopic (exact) mass is 277 g/mol. The zero-order valence-electron chi connectivity index (χ0n) is 13.1. The van der Waals surface area contributed by atoms with Gasteiger partial charge in [0.2, 0.25) is 0 Å². The Labute approximate surface area is 122 Å². The molecule has 1 aromatic rings. The number of methoxy groups -OCH3 is 1. The first-order valence-corrected chi connectivity index (χ1v) is 7.63. The number of nitrogens with one attached hydrogen (secondary N) is 1. The summed E-state index contributed by atoms with van der Waals surface area (Å²) in [6.45, 7) is 7.41. The zero-order chi connectivity index (χ0) is 14.5. The van der Waals surface area contributed by atoms with Crippen LogP contribution in [0.1, 0.15) is 45.3 Å². The van der Waals surface area contributed by atoms with Crippen LogP contribution < -0.4 is 10.1 Å². The smallest absolute Gasteiger partial charge is 0.119 e. The second-order valence-electron chi connectivity index (χ2n) is 6.03. The van der Waals surface area contributed by atoms with Crippen LogP contribution in [-0.2, 0) is 4.74 Å². The van der Waals surface area contributed by atoms with Gasteiger partial charge in [0, 0.05) is 12.6 Å². The van der Waals surface area contributed by atoms with Gasteiger partial charge in [-0.1, -0.05) is 26.0 Å². The fourth-order valence-corrected chi connectivity index (χ4v) is 2.06. The van der Waals surface area contributed by atoms with Gasteiger partial charge < -0.3 is 14.8 Å². The maximum absolute atomic E-state index is 6.26. The van der Waals surface area contributed by atoms with E-state index in [1.54, 1.807) is 7.11 Å². The quantitative estimate of drug-likeness (QED) is 0.788. The highest BCUT2D eigenvalue weighted by Crippen LogP contribution is 2.26. The van der Waals surface area contributed by atoms with Gasteiger partial charge in [-0.15, -0.1) is 0 Å². The maximum atomic E-state index is 6.26. The van der Waals surface area contributed by atoms with Gasteiger partial charge in [-0.25, -0.2) is 0 Å². The SMILES string of the molecule is COc1cccc(C(CNC2CC2)OC(C)C(C)C)c1. The molecule has 112 valence electrons. The predicted octanol–water partition coefficient (Wildman–Crippen LogP) is 3.55.